The summed E-state index contributed by atoms with van der Waals surface area (Å²) in [5.74, 6) is 0.295. The van der Waals surface area contributed by atoms with Crippen LogP contribution in [0.3, 0.4) is 0 Å². The first-order valence-corrected chi connectivity index (χ1v) is 9.02. The number of alkyl carbamates (subject to hydrolysis) is 1. The summed E-state index contributed by atoms with van der Waals surface area (Å²) < 4.78 is 4.93. The van der Waals surface area contributed by atoms with Gasteiger partial charge in [0.25, 0.3) is 0 Å². The Morgan fingerprint density at radius 2 is 1.96 bits per heavy atom. The van der Waals surface area contributed by atoms with Crippen LogP contribution < -0.4 is 10.6 Å². The van der Waals surface area contributed by atoms with E-state index in [0.29, 0.717) is 19.1 Å². The van der Waals surface area contributed by atoms with Gasteiger partial charge in [0.1, 0.15) is 0 Å². The SMILES string of the molecule is CCOC(=O)NC(CNC(=O)Cc1cccc2cccnc12)CC(C)C. The zero-order chi connectivity index (χ0) is 18.9. The van der Waals surface area contributed by atoms with E-state index in [4.69, 9.17) is 4.74 Å². The molecule has 2 N–H and O–H groups in total. The average molecular weight is 357 g/mol. The van der Waals surface area contributed by atoms with Gasteiger partial charge in [-0.2, -0.15) is 0 Å². The lowest BCUT2D eigenvalue weighted by Gasteiger charge is -2.20. The number of fused-ring (bicyclic) bond motifs is 1. The van der Waals surface area contributed by atoms with Crippen LogP contribution in [0.15, 0.2) is 36.5 Å². The third-order valence-corrected chi connectivity index (χ3v) is 3.97. The number of pyridine rings is 1. The van der Waals surface area contributed by atoms with E-state index in [1.807, 2.05) is 30.3 Å². The molecule has 0 saturated heterocycles. The van der Waals surface area contributed by atoms with Crippen LogP contribution in [0.2, 0.25) is 0 Å². The number of hydrogen-bond donors (Lipinski definition) is 2. The van der Waals surface area contributed by atoms with Gasteiger partial charge >= 0.3 is 6.09 Å². The minimum absolute atomic E-state index is 0.0948. The Balaban J connectivity index is 1.95. The summed E-state index contributed by atoms with van der Waals surface area (Å²) in [6.45, 7) is 6.60. The molecule has 0 aliphatic rings. The molecule has 1 atom stereocenters. The van der Waals surface area contributed by atoms with Crippen LogP contribution in [-0.4, -0.2) is 36.2 Å². The van der Waals surface area contributed by atoms with Gasteiger partial charge in [-0.25, -0.2) is 4.79 Å². The number of benzene rings is 1. The molecule has 1 heterocycles. The van der Waals surface area contributed by atoms with Crippen molar-refractivity contribution in [2.75, 3.05) is 13.2 Å². The molecule has 1 unspecified atom stereocenters. The largest absolute Gasteiger partial charge is 0.450 e. The number of ether oxygens (including phenoxy) is 1. The second-order valence-corrected chi connectivity index (χ2v) is 6.66. The second-order valence-electron chi connectivity index (χ2n) is 6.66. The molecule has 0 saturated carbocycles. The third kappa shape index (κ3) is 6.02. The van der Waals surface area contributed by atoms with Gasteiger partial charge in [0, 0.05) is 24.2 Å². The topological polar surface area (TPSA) is 80.3 Å². The van der Waals surface area contributed by atoms with Crippen molar-refractivity contribution in [1.29, 1.82) is 0 Å². The molecular weight excluding hydrogens is 330 g/mol. The van der Waals surface area contributed by atoms with E-state index in [-0.39, 0.29) is 18.4 Å². The van der Waals surface area contributed by atoms with Crippen molar-refractivity contribution >= 4 is 22.9 Å². The summed E-state index contributed by atoms with van der Waals surface area (Å²) in [4.78, 5) is 28.4. The number of carbonyl (C=O) groups is 2. The fraction of sp³-hybridized carbons (Fsp3) is 0.450. The Hall–Kier alpha value is -2.63. The number of nitrogens with one attached hydrogen (secondary N) is 2. The van der Waals surface area contributed by atoms with E-state index in [0.717, 1.165) is 22.9 Å². The van der Waals surface area contributed by atoms with E-state index in [1.165, 1.54) is 0 Å². The van der Waals surface area contributed by atoms with Crippen molar-refractivity contribution in [2.45, 2.75) is 39.7 Å². The van der Waals surface area contributed by atoms with Crippen molar-refractivity contribution < 1.29 is 14.3 Å². The van der Waals surface area contributed by atoms with Gasteiger partial charge in [-0.15, -0.1) is 0 Å². The molecule has 0 aliphatic carbocycles. The third-order valence-electron chi connectivity index (χ3n) is 3.97. The normalized spacial score (nSPS) is 12.0. The lowest BCUT2D eigenvalue weighted by molar-refractivity contribution is -0.120. The van der Waals surface area contributed by atoms with Crippen LogP contribution >= 0.6 is 0 Å². The highest BCUT2D eigenvalue weighted by atomic mass is 16.5. The van der Waals surface area contributed by atoms with Crippen LogP contribution in [-0.2, 0) is 16.0 Å². The lowest BCUT2D eigenvalue weighted by Crippen LogP contribution is -2.44. The second kappa shape index (κ2) is 9.75. The van der Waals surface area contributed by atoms with E-state index in [9.17, 15) is 9.59 Å². The molecule has 0 bridgehead atoms. The first-order valence-electron chi connectivity index (χ1n) is 9.02. The van der Waals surface area contributed by atoms with E-state index in [1.54, 1.807) is 13.1 Å². The van der Waals surface area contributed by atoms with Gasteiger partial charge in [-0.1, -0.05) is 38.1 Å². The molecule has 6 nitrogen and oxygen atoms in total. The maximum Gasteiger partial charge on any atom is 0.407 e. The summed E-state index contributed by atoms with van der Waals surface area (Å²) in [7, 11) is 0. The Kier molecular flexibility index (Phi) is 7.38. The number of rotatable bonds is 8. The van der Waals surface area contributed by atoms with E-state index < -0.39 is 6.09 Å². The van der Waals surface area contributed by atoms with E-state index in [2.05, 4.69) is 29.5 Å². The molecule has 6 heteroatoms. The molecule has 1 aromatic carbocycles. The molecule has 0 spiro atoms. The smallest absolute Gasteiger partial charge is 0.407 e. The predicted octanol–water partition coefficient (Wildman–Crippen LogP) is 3.05. The van der Waals surface area contributed by atoms with Crippen molar-refractivity contribution in [1.82, 2.24) is 15.6 Å². The number of para-hydroxylation sites is 1. The molecule has 2 rings (SSSR count). The van der Waals surface area contributed by atoms with Gasteiger partial charge in [-0.3, -0.25) is 9.78 Å². The van der Waals surface area contributed by atoms with Crippen LogP contribution in [0.4, 0.5) is 4.79 Å². The summed E-state index contributed by atoms with van der Waals surface area (Å²) in [5.41, 5.74) is 1.73. The molecule has 2 amide bonds. The van der Waals surface area contributed by atoms with Crippen LogP contribution in [0.1, 0.15) is 32.8 Å². The molecule has 0 fully saturated rings. The molecule has 0 radical (unpaired) electrons. The monoisotopic (exact) mass is 357 g/mol. The van der Waals surface area contributed by atoms with Gasteiger partial charge in [0.2, 0.25) is 5.91 Å². The van der Waals surface area contributed by atoms with Crippen LogP contribution in [0, 0.1) is 5.92 Å². The van der Waals surface area contributed by atoms with Gasteiger partial charge < -0.3 is 15.4 Å². The highest BCUT2D eigenvalue weighted by Crippen LogP contribution is 2.16. The standard InChI is InChI=1S/C20H27N3O3/c1-4-26-20(25)23-17(11-14(2)3)13-22-18(24)12-16-8-5-7-15-9-6-10-21-19(15)16/h5-10,14,17H,4,11-13H2,1-3H3,(H,22,24)(H,23,25). The number of carbonyl (C=O) groups excluding carboxylic acids is 2. The summed E-state index contributed by atoms with van der Waals surface area (Å²) in [5, 5.41) is 6.74. The summed E-state index contributed by atoms with van der Waals surface area (Å²) >= 11 is 0. The highest BCUT2D eigenvalue weighted by molar-refractivity contribution is 5.87. The lowest BCUT2D eigenvalue weighted by atomic mass is 10.0. The zero-order valence-electron chi connectivity index (χ0n) is 15.6. The maximum atomic E-state index is 12.4. The fourth-order valence-electron chi connectivity index (χ4n) is 2.88. The molecular formula is C20H27N3O3. The first kappa shape index (κ1) is 19.7. The Labute approximate surface area is 154 Å². The summed E-state index contributed by atoms with van der Waals surface area (Å²) in [6.07, 6.45) is 2.29. The quantitative estimate of drug-likeness (QED) is 0.761. The Morgan fingerprint density at radius 3 is 2.69 bits per heavy atom. The Bertz CT molecular complexity index is 741. The number of amides is 2. The van der Waals surface area contributed by atoms with Gasteiger partial charge in [-0.05, 0) is 30.9 Å². The number of aromatic nitrogens is 1. The average Bonchev–Trinajstić information content (AvgIpc) is 2.60. The van der Waals surface area contributed by atoms with Crippen LogP contribution in [0.5, 0.6) is 0 Å². The Morgan fingerprint density at radius 1 is 1.19 bits per heavy atom. The van der Waals surface area contributed by atoms with Crippen molar-refractivity contribution in [2.24, 2.45) is 5.92 Å². The minimum Gasteiger partial charge on any atom is -0.450 e. The number of hydrogen-bond acceptors (Lipinski definition) is 4. The number of nitrogens with zero attached hydrogens (tertiary/aromatic N) is 1. The highest BCUT2D eigenvalue weighted by Gasteiger charge is 2.16. The summed E-state index contributed by atoms with van der Waals surface area (Å²) in [6, 6.07) is 9.51. The van der Waals surface area contributed by atoms with Gasteiger partial charge in [0.05, 0.1) is 18.5 Å². The predicted molar refractivity (Wildman–Crippen MR) is 102 cm³/mol. The molecule has 140 valence electrons. The molecule has 0 aliphatic heterocycles. The fourth-order valence-corrected chi connectivity index (χ4v) is 2.88. The zero-order valence-corrected chi connectivity index (χ0v) is 15.6. The van der Waals surface area contributed by atoms with Crippen LogP contribution in [0.25, 0.3) is 10.9 Å². The minimum atomic E-state index is -0.453. The van der Waals surface area contributed by atoms with Gasteiger partial charge in [0.15, 0.2) is 0 Å². The van der Waals surface area contributed by atoms with Crippen molar-refractivity contribution in [3.05, 3.63) is 42.1 Å². The first-order chi connectivity index (χ1) is 12.5. The molecule has 2 aromatic rings. The van der Waals surface area contributed by atoms with Crippen molar-refractivity contribution in [3.63, 3.8) is 0 Å². The van der Waals surface area contributed by atoms with Crippen molar-refractivity contribution in [3.8, 4) is 0 Å². The maximum absolute atomic E-state index is 12.4. The van der Waals surface area contributed by atoms with E-state index >= 15 is 0 Å². The molecule has 26 heavy (non-hydrogen) atoms. The molecule has 1 aromatic heterocycles.